The highest BCUT2D eigenvalue weighted by Gasteiger charge is 2.36. The minimum absolute atomic E-state index is 0.0743. The number of hydrogen-bond donors (Lipinski definition) is 3. The number of primary amides is 1. The number of fused-ring (bicyclic) bond motifs is 1. The van der Waals surface area contributed by atoms with Gasteiger partial charge in [-0.1, -0.05) is 18.2 Å². The molecule has 31 heavy (non-hydrogen) atoms. The molecule has 4 N–H and O–H groups in total. The van der Waals surface area contributed by atoms with Gasteiger partial charge in [-0.25, -0.2) is 9.59 Å². The molecule has 2 aliphatic rings. The summed E-state index contributed by atoms with van der Waals surface area (Å²) in [7, 11) is 1.70. The lowest BCUT2D eigenvalue weighted by atomic mass is 9.92. The van der Waals surface area contributed by atoms with Crippen molar-refractivity contribution >= 4 is 34.6 Å². The molecule has 9 heteroatoms. The van der Waals surface area contributed by atoms with Crippen LogP contribution in [0.5, 0.6) is 0 Å². The van der Waals surface area contributed by atoms with E-state index in [9.17, 15) is 14.4 Å². The van der Waals surface area contributed by atoms with E-state index >= 15 is 0 Å². The first-order valence-corrected chi connectivity index (χ1v) is 10.8. The first-order valence-electron chi connectivity index (χ1n) is 10.8. The number of urea groups is 1. The third kappa shape index (κ3) is 4.36. The second-order valence-electron chi connectivity index (χ2n) is 8.28. The number of nitrogens with zero attached hydrogens (tertiary/aromatic N) is 2. The summed E-state index contributed by atoms with van der Waals surface area (Å²) in [4.78, 5) is 39.3. The zero-order valence-electron chi connectivity index (χ0n) is 17.7. The van der Waals surface area contributed by atoms with Gasteiger partial charge in [0.25, 0.3) is 0 Å². The van der Waals surface area contributed by atoms with Crippen molar-refractivity contribution in [2.24, 2.45) is 5.73 Å². The van der Waals surface area contributed by atoms with Crippen molar-refractivity contribution in [1.82, 2.24) is 14.8 Å². The summed E-state index contributed by atoms with van der Waals surface area (Å²) < 4.78 is 6.75. The molecular formula is C22H29N5O4. The smallest absolute Gasteiger partial charge is 0.323 e. The summed E-state index contributed by atoms with van der Waals surface area (Å²) in [5, 5.41) is 6.69. The van der Waals surface area contributed by atoms with Crippen molar-refractivity contribution < 1.29 is 19.1 Å². The molecule has 1 aromatic heterocycles. The molecule has 166 valence electrons. The van der Waals surface area contributed by atoms with Gasteiger partial charge in [-0.3, -0.25) is 9.36 Å². The van der Waals surface area contributed by atoms with Crippen molar-refractivity contribution in [3.8, 4) is 0 Å². The highest BCUT2D eigenvalue weighted by Crippen LogP contribution is 2.27. The number of carbonyl (C=O) groups excluding carboxylic acids is 3. The molecule has 0 spiro atoms. The Morgan fingerprint density at radius 1 is 1.13 bits per heavy atom. The predicted molar refractivity (Wildman–Crippen MR) is 117 cm³/mol. The number of rotatable bonds is 4. The molecule has 2 fully saturated rings. The number of hydrogen-bond acceptors (Lipinski definition) is 4. The van der Waals surface area contributed by atoms with Crippen LogP contribution in [0.15, 0.2) is 30.5 Å². The number of nitrogens with one attached hydrogen (secondary N) is 2. The first-order chi connectivity index (χ1) is 15.0. The number of amides is 4. The average molecular weight is 428 g/mol. The maximum Gasteiger partial charge on any atom is 0.323 e. The fraction of sp³-hybridized carbons (Fsp3) is 0.500. The molecule has 4 rings (SSSR count). The maximum absolute atomic E-state index is 13.0. The Kier molecular flexibility index (Phi) is 6.13. The van der Waals surface area contributed by atoms with Crippen LogP contribution in [0.25, 0.3) is 10.9 Å². The summed E-state index contributed by atoms with van der Waals surface area (Å²) in [6.45, 7) is 0.504. The summed E-state index contributed by atoms with van der Waals surface area (Å²) in [5.74, 6) is -0.117. The van der Waals surface area contributed by atoms with Gasteiger partial charge in [0, 0.05) is 31.3 Å². The van der Waals surface area contributed by atoms with Crippen LogP contribution >= 0.6 is 0 Å². The molecule has 1 saturated carbocycles. The highest BCUT2D eigenvalue weighted by molar-refractivity contribution is 6.05. The predicted octanol–water partition coefficient (Wildman–Crippen LogP) is 2.64. The minimum atomic E-state index is -0.628. The number of likely N-dealkylation sites (tertiary alicyclic amines) is 1. The molecule has 1 aliphatic heterocycles. The fourth-order valence-electron chi connectivity index (χ4n) is 4.72. The Balaban J connectivity index is 1.45. The van der Waals surface area contributed by atoms with E-state index in [0.29, 0.717) is 29.6 Å². The molecule has 0 bridgehead atoms. The van der Waals surface area contributed by atoms with Crippen LogP contribution < -0.4 is 16.4 Å². The monoisotopic (exact) mass is 427 g/mol. The molecule has 1 aliphatic carbocycles. The summed E-state index contributed by atoms with van der Waals surface area (Å²) in [5.41, 5.74) is 6.56. The molecule has 1 aromatic carbocycles. The molecule has 4 amide bonds. The van der Waals surface area contributed by atoms with Crippen LogP contribution in [0.1, 0.15) is 38.5 Å². The molecule has 2 heterocycles. The molecular weight excluding hydrogens is 398 g/mol. The van der Waals surface area contributed by atoms with Crippen LogP contribution in [-0.2, 0) is 9.53 Å². The van der Waals surface area contributed by atoms with Crippen LogP contribution in [0.4, 0.5) is 15.3 Å². The van der Waals surface area contributed by atoms with E-state index in [1.54, 1.807) is 24.1 Å². The number of aromatic nitrogens is 1. The van der Waals surface area contributed by atoms with Crippen molar-refractivity contribution in [3.05, 3.63) is 30.5 Å². The highest BCUT2D eigenvalue weighted by atomic mass is 16.5. The Labute approximate surface area is 180 Å². The maximum atomic E-state index is 13.0. The van der Waals surface area contributed by atoms with Crippen molar-refractivity contribution in [2.75, 3.05) is 19.0 Å². The molecule has 1 saturated heterocycles. The van der Waals surface area contributed by atoms with Crippen molar-refractivity contribution in [1.29, 1.82) is 0 Å². The number of carbonyl (C=O) groups is 3. The number of benzene rings is 1. The SMILES string of the molecule is CO[C@H]1CCCC(NC(=O)[C@@H]2CCCN2C(=O)Nc2cn(C(N)=O)c3ccccc23)C1. The molecule has 3 atom stereocenters. The standard InChI is InChI=1S/C22H29N5O4/c1-31-15-7-4-6-14(12-15)24-20(28)19-10-5-11-26(19)22(30)25-17-13-27(21(23)29)18-9-3-2-8-16(17)18/h2-3,8-9,13-15,19H,4-7,10-12H2,1H3,(H2,23,29)(H,24,28)(H,25,30)/t14?,15-,19-/m0/s1. The van der Waals surface area contributed by atoms with Crippen molar-refractivity contribution in [2.45, 2.75) is 56.7 Å². The van der Waals surface area contributed by atoms with E-state index in [-0.39, 0.29) is 24.1 Å². The minimum Gasteiger partial charge on any atom is -0.381 e. The fourth-order valence-corrected chi connectivity index (χ4v) is 4.72. The number of para-hydroxylation sites is 1. The van der Waals surface area contributed by atoms with E-state index in [0.717, 1.165) is 32.1 Å². The van der Waals surface area contributed by atoms with Crippen LogP contribution in [0, 0.1) is 0 Å². The lowest BCUT2D eigenvalue weighted by Crippen LogP contribution is -2.51. The van der Waals surface area contributed by atoms with Crippen LogP contribution in [0.3, 0.4) is 0 Å². The average Bonchev–Trinajstić information content (AvgIpc) is 3.40. The van der Waals surface area contributed by atoms with Gasteiger partial charge < -0.3 is 26.0 Å². The van der Waals surface area contributed by atoms with Crippen LogP contribution in [0.2, 0.25) is 0 Å². The topological polar surface area (TPSA) is 119 Å². The number of nitrogens with two attached hydrogens (primary N) is 1. The molecule has 9 nitrogen and oxygen atoms in total. The van der Waals surface area contributed by atoms with Gasteiger partial charge in [0.1, 0.15) is 6.04 Å². The van der Waals surface area contributed by atoms with Crippen molar-refractivity contribution in [3.63, 3.8) is 0 Å². The van der Waals surface area contributed by atoms with Gasteiger partial charge in [-0.05, 0) is 44.6 Å². The number of ether oxygens (including phenoxy) is 1. The zero-order chi connectivity index (χ0) is 22.0. The quantitative estimate of drug-likeness (QED) is 0.695. The third-order valence-corrected chi connectivity index (χ3v) is 6.31. The van der Waals surface area contributed by atoms with E-state index < -0.39 is 12.1 Å². The van der Waals surface area contributed by atoms with Gasteiger partial charge in [-0.15, -0.1) is 0 Å². The summed E-state index contributed by atoms with van der Waals surface area (Å²) >= 11 is 0. The Morgan fingerprint density at radius 2 is 1.94 bits per heavy atom. The van der Waals surface area contributed by atoms with Gasteiger partial charge in [-0.2, -0.15) is 0 Å². The first kappa shape index (κ1) is 21.2. The lowest BCUT2D eigenvalue weighted by Gasteiger charge is -2.31. The van der Waals surface area contributed by atoms with E-state index in [1.807, 2.05) is 12.1 Å². The molecule has 1 unspecified atom stereocenters. The second kappa shape index (κ2) is 8.97. The molecule has 0 radical (unpaired) electrons. The molecule has 2 aromatic rings. The van der Waals surface area contributed by atoms with E-state index in [1.165, 1.54) is 10.8 Å². The van der Waals surface area contributed by atoms with E-state index in [2.05, 4.69) is 10.6 Å². The van der Waals surface area contributed by atoms with Gasteiger partial charge in [0.05, 0.1) is 17.3 Å². The second-order valence-corrected chi connectivity index (χ2v) is 8.28. The van der Waals surface area contributed by atoms with E-state index in [4.69, 9.17) is 10.5 Å². The number of anilines is 1. The van der Waals surface area contributed by atoms with Crippen LogP contribution in [-0.4, -0.2) is 59.3 Å². The largest absolute Gasteiger partial charge is 0.381 e. The van der Waals surface area contributed by atoms with Gasteiger partial charge in [0.15, 0.2) is 0 Å². The Hall–Kier alpha value is -3.07. The Morgan fingerprint density at radius 3 is 2.71 bits per heavy atom. The number of methoxy groups -OCH3 is 1. The van der Waals surface area contributed by atoms with Gasteiger partial charge in [0.2, 0.25) is 5.91 Å². The third-order valence-electron chi connectivity index (χ3n) is 6.31. The lowest BCUT2D eigenvalue weighted by molar-refractivity contribution is -0.125. The summed E-state index contributed by atoms with van der Waals surface area (Å²) in [6, 6.07) is 5.78. The summed E-state index contributed by atoms with van der Waals surface area (Å²) in [6.07, 6.45) is 6.84. The van der Waals surface area contributed by atoms with Gasteiger partial charge >= 0.3 is 12.1 Å². The zero-order valence-corrected chi connectivity index (χ0v) is 17.7. The Bertz CT molecular complexity index is 987. The normalized spacial score (nSPS) is 23.6.